The molecule has 0 aliphatic carbocycles. The van der Waals surface area contributed by atoms with E-state index < -0.39 is 15.9 Å². The Kier molecular flexibility index (Phi) is 3.56. The van der Waals surface area contributed by atoms with Gasteiger partial charge >= 0.3 is 0 Å². The van der Waals surface area contributed by atoms with Gasteiger partial charge in [-0.1, -0.05) is 11.6 Å². The van der Waals surface area contributed by atoms with Crippen molar-refractivity contribution >= 4 is 21.4 Å². The topological polar surface area (TPSA) is 78.6 Å². The molecule has 1 aromatic rings. The maximum absolute atomic E-state index is 11.6. The Morgan fingerprint density at radius 2 is 1.90 bits per heavy atom. The molecule has 1 saturated heterocycles. The molecule has 1 aromatic carbocycles. The predicted octanol–water partition coefficient (Wildman–Crippen LogP) is 1.55. The predicted molar refractivity (Wildman–Crippen MR) is 76.1 cm³/mol. The van der Waals surface area contributed by atoms with Crippen molar-refractivity contribution in [2.75, 3.05) is 24.7 Å². The van der Waals surface area contributed by atoms with E-state index in [9.17, 15) is 8.42 Å². The zero-order valence-electron chi connectivity index (χ0n) is 10.8. The number of ether oxygens (including phenoxy) is 2. The van der Waals surface area contributed by atoms with Crippen LogP contribution in [-0.4, -0.2) is 33.1 Å². The lowest BCUT2D eigenvalue weighted by Gasteiger charge is -2.24. The molecule has 0 spiro atoms. The van der Waals surface area contributed by atoms with Crippen molar-refractivity contribution in [3.63, 3.8) is 0 Å². The Bertz CT molecular complexity index is 632. The Morgan fingerprint density at radius 3 is 2.50 bits per heavy atom. The van der Waals surface area contributed by atoms with E-state index in [0.717, 1.165) is 5.56 Å². The van der Waals surface area contributed by atoms with Gasteiger partial charge in [0.15, 0.2) is 21.3 Å². The van der Waals surface area contributed by atoms with E-state index in [-0.39, 0.29) is 17.4 Å². The summed E-state index contributed by atoms with van der Waals surface area (Å²) in [5.41, 5.74) is 6.93. The number of rotatable bonds is 2. The summed E-state index contributed by atoms with van der Waals surface area (Å²) < 4.78 is 34.1. The molecule has 20 heavy (non-hydrogen) atoms. The highest BCUT2D eigenvalue weighted by Crippen LogP contribution is 2.40. The summed E-state index contributed by atoms with van der Waals surface area (Å²) in [4.78, 5) is 0. The summed E-state index contributed by atoms with van der Waals surface area (Å²) in [7, 11) is -2.96. The van der Waals surface area contributed by atoms with E-state index in [1.165, 1.54) is 0 Å². The molecule has 0 amide bonds. The summed E-state index contributed by atoms with van der Waals surface area (Å²) in [5, 5.41) is 0.492. The summed E-state index contributed by atoms with van der Waals surface area (Å²) in [6.45, 7) is 0.983. The number of hydrogen-bond acceptors (Lipinski definition) is 5. The van der Waals surface area contributed by atoms with Crippen molar-refractivity contribution in [2.24, 2.45) is 11.7 Å². The summed E-state index contributed by atoms with van der Waals surface area (Å²) >= 11 is 6.24. The smallest absolute Gasteiger partial charge is 0.162 e. The summed E-state index contributed by atoms with van der Waals surface area (Å²) in [5.74, 6) is 1.45. The first-order valence-electron chi connectivity index (χ1n) is 6.51. The third-order valence-electron chi connectivity index (χ3n) is 3.80. The fourth-order valence-corrected chi connectivity index (χ4v) is 4.83. The first-order chi connectivity index (χ1) is 9.46. The van der Waals surface area contributed by atoms with Crippen LogP contribution in [0.3, 0.4) is 0 Å². The molecule has 2 atom stereocenters. The van der Waals surface area contributed by atoms with Gasteiger partial charge in [-0.15, -0.1) is 0 Å². The van der Waals surface area contributed by atoms with Crippen LogP contribution in [0.5, 0.6) is 11.5 Å². The first kappa shape index (κ1) is 14.0. The fourth-order valence-electron chi connectivity index (χ4n) is 2.70. The standard InChI is InChI=1S/C13H16ClNO4S/c14-10-6-12-11(18-2-3-19-12)5-9(10)13(15)8-1-4-20(16,17)7-8/h5-6,8,13H,1-4,7,15H2. The van der Waals surface area contributed by atoms with Gasteiger partial charge < -0.3 is 15.2 Å². The molecular weight excluding hydrogens is 302 g/mol. The Labute approximate surface area is 122 Å². The van der Waals surface area contributed by atoms with Gasteiger partial charge in [-0.2, -0.15) is 0 Å². The Hall–Kier alpha value is -0.980. The molecule has 7 heteroatoms. The SMILES string of the molecule is NC(c1cc2c(cc1Cl)OCCO2)C1CCS(=O)(=O)C1. The van der Waals surface area contributed by atoms with Gasteiger partial charge in [0.05, 0.1) is 11.5 Å². The van der Waals surface area contributed by atoms with Crippen LogP contribution >= 0.6 is 11.6 Å². The van der Waals surface area contributed by atoms with E-state index in [1.54, 1.807) is 12.1 Å². The molecule has 2 aliphatic heterocycles. The van der Waals surface area contributed by atoms with Crippen LogP contribution in [-0.2, 0) is 9.84 Å². The van der Waals surface area contributed by atoms with Crippen LogP contribution in [0.1, 0.15) is 18.0 Å². The molecule has 2 aliphatic rings. The third kappa shape index (κ3) is 2.60. The monoisotopic (exact) mass is 317 g/mol. The molecule has 110 valence electrons. The van der Waals surface area contributed by atoms with Crippen molar-refractivity contribution < 1.29 is 17.9 Å². The molecule has 0 bridgehead atoms. The van der Waals surface area contributed by atoms with Gasteiger partial charge in [-0.3, -0.25) is 0 Å². The van der Waals surface area contributed by atoms with Crippen LogP contribution in [0.2, 0.25) is 5.02 Å². The van der Waals surface area contributed by atoms with Crippen LogP contribution in [0, 0.1) is 5.92 Å². The Balaban J connectivity index is 1.90. The minimum absolute atomic E-state index is 0.0972. The molecule has 0 radical (unpaired) electrons. The minimum Gasteiger partial charge on any atom is -0.486 e. The first-order valence-corrected chi connectivity index (χ1v) is 8.71. The van der Waals surface area contributed by atoms with Crippen LogP contribution in [0.15, 0.2) is 12.1 Å². The fraction of sp³-hybridized carbons (Fsp3) is 0.538. The average Bonchev–Trinajstić information content (AvgIpc) is 2.77. The molecule has 2 unspecified atom stereocenters. The highest BCUT2D eigenvalue weighted by atomic mass is 35.5. The maximum Gasteiger partial charge on any atom is 0.162 e. The van der Waals surface area contributed by atoms with Crippen molar-refractivity contribution in [2.45, 2.75) is 12.5 Å². The lowest BCUT2D eigenvalue weighted by molar-refractivity contribution is 0.171. The second-order valence-corrected chi connectivity index (χ2v) is 7.84. The molecular formula is C13H16ClNO4S. The van der Waals surface area contributed by atoms with E-state index >= 15 is 0 Å². The number of hydrogen-bond donors (Lipinski definition) is 1. The number of halogens is 1. The maximum atomic E-state index is 11.6. The lowest BCUT2D eigenvalue weighted by Crippen LogP contribution is -2.23. The number of benzene rings is 1. The van der Waals surface area contributed by atoms with E-state index in [4.69, 9.17) is 26.8 Å². The molecule has 0 aromatic heterocycles. The van der Waals surface area contributed by atoms with Gasteiger partial charge in [-0.25, -0.2) is 8.42 Å². The molecule has 2 heterocycles. The van der Waals surface area contributed by atoms with Gasteiger partial charge in [0.1, 0.15) is 13.2 Å². The minimum atomic E-state index is -2.96. The second-order valence-electron chi connectivity index (χ2n) is 5.21. The lowest BCUT2D eigenvalue weighted by atomic mass is 9.93. The van der Waals surface area contributed by atoms with Crippen molar-refractivity contribution in [3.8, 4) is 11.5 Å². The quantitative estimate of drug-likeness (QED) is 0.895. The molecule has 1 fully saturated rings. The van der Waals surface area contributed by atoms with Crippen molar-refractivity contribution in [1.82, 2.24) is 0 Å². The van der Waals surface area contributed by atoms with Crippen molar-refractivity contribution in [1.29, 1.82) is 0 Å². The number of fused-ring (bicyclic) bond motifs is 1. The van der Waals surface area contributed by atoms with Crippen molar-refractivity contribution in [3.05, 3.63) is 22.7 Å². The highest BCUT2D eigenvalue weighted by Gasteiger charge is 2.34. The van der Waals surface area contributed by atoms with E-state index in [1.807, 2.05) is 0 Å². The van der Waals surface area contributed by atoms with E-state index in [0.29, 0.717) is 36.2 Å². The normalized spacial score (nSPS) is 25.4. The summed E-state index contributed by atoms with van der Waals surface area (Å²) in [6, 6.07) is 3.05. The van der Waals surface area contributed by atoms with Gasteiger partial charge in [0.2, 0.25) is 0 Å². The third-order valence-corrected chi connectivity index (χ3v) is 5.92. The molecule has 5 nitrogen and oxygen atoms in total. The zero-order valence-corrected chi connectivity index (χ0v) is 12.4. The second kappa shape index (κ2) is 5.09. The van der Waals surface area contributed by atoms with Crippen LogP contribution in [0.4, 0.5) is 0 Å². The molecule has 2 N–H and O–H groups in total. The molecule has 0 saturated carbocycles. The van der Waals surface area contributed by atoms with E-state index in [2.05, 4.69) is 0 Å². The largest absolute Gasteiger partial charge is 0.486 e. The highest BCUT2D eigenvalue weighted by molar-refractivity contribution is 7.91. The van der Waals surface area contributed by atoms with Crippen LogP contribution in [0.25, 0.3) is 0 Å². The van der Waals surface area contributed by atoms with Gasteiger partial charge in [-0.05, 0) is 24.0 Å². The summed E-state index contributed by atoms with van der Waals surface area (Å²) in [6.07, 6.45) is 0.578. The number of nitrogens with two attached hydrogens (primary N) is 1. The molecule has 3 rings (SSSR count). The van der Waals surface area contributed by atoms with Gasteiger partial charge in [0.25, 0.3) is 0 Å². The Morgan fingerprint density at radius 1 is 1.25 bits per heavy atom. The zero-order chi connectivity index (χ0) is 14.3. The number of sulfone groups is 1. The average molecular weight is 318 g/mol. The van der Waals surface area contributed by atoms with Gasteiger partial charge in [0, 0.05) is 17.1 Å². The van der Waals surface area contributed by atoms with Crippen LogP contribution < -0.4 is 15.2 Å².